The van der Waals surface area contributed by atoms with Crippen LogP contribution in [0.4, 0.5) is 0 Å². The number of nitrogens with zero attached hydrogens (tertiary/aromatic N) is 1. The van der Waals surface area contributed by atoms with E-state index in [9.17, 15) is 0 Å². The minimum atomic E-state index is 0.843. The third kappa shape index (κ3) is 2.02. The molecule has 92 valence electrons. The third-order valence-corrected chi connectivity index (χ3v) is 5.36. The number of nitrogens with one attached hydrogen (secondary N) is 1. The lowest BCUT2D eigenvalue weighted by atomic mass is 9.83. The highest BCUT2D eigenvalue weighted by atomic mass is 15.2. The van der Waals surface area contributed by atoms with Crippen molar-refractivity contribution in [3.05, 3.63) is 0 Å². The molecule has 1 aliphatic heterocycles. The Morgan fingerprint density at radius 2 is 2.06 bits per heavy atom. The Balaban J connectivity index is 1.61. The number of rotatable bonds is 2. The molecule has 4 atom stereocenters. The van der Waals surface area contributed by atoms with Gasteiger partial charge in [-0.05, 0) is 63.5 Å². The second kappa shape index (κ2) is 4.66. The molecule has 1 saturated heterocycles. The van der Waals surface area contributed by atoms with Crippen molar-refractivity contribution < 1.29 is 0 Å². The van der Waals surface area contributed by atoms with Crippen molar-refractivity contribution in [2.75, 3.05) is 26.2 Å². The van der Waals surface area contributed by atoms with Gasteiger partial charge in [-0.2, -0.15) is 0 Å². The van der Waals surface area contributed by atoms with E-state index < -0.39 is 0 Å². The maximum atomic E-state index is 3.51. The van der Waals surface area contributed by atoms with Gasteiger partial charge in [-0.3, -0.25) is 4.90 Å². The number of hydrogen-bond donors (Lipinski definition) is 1. The predicted octanol–water partition coefficient (Wildman–Crippen LogP) is 2.11. The van der Waals surface area contributed by atoms with Gasteiger partial charge in [-0.25, -0.2) is 0 Å². The number of hydrogen-bond acceptors (Lipinski definition) is 2. The summed E-state index contributed by atoms with van der Waals surface area (Å²) in [4.78, 5) is 2.76. The van der Waals surface area contributed by atoms with Crippen molar-refractivity contribution in [2.45, 2.75) is 45.1 Å². The van der Waals surface area contributed by atoms with Gasteiger partial charge < -0.3 is 5.32 Å². The van der Waals surface area contributed by atoms with Crippen LogP contribution in [0.3, 0.4) is 0 Å². The van der Waals surface area contributed by atoms with Crippen molar-refractivity contribution in [2.24, 2.45) is 17.8 Å². The van der Waals surface area contributed by atoms with Crippen LogP contribution in [0.1, 0.15) is 39.0 Å². The minimum absolute atomic E-state index is 0.843. The van der Waals surface area contributed by atoms with E-state index in [1.54, 1.807) is 6.42 Å². The Morgan fingerprint density at radius 1 is 1.12 bits per heavy atom. The van der Waals surface area contributed by atoms with Gasteiger partial charge >= 0.3 is 0 Å². The van der Waals surface area contributed by atoms with Crippen molar-refractivity contribution in [3.8, 4) is 0 Å². The minimum Gasteiger partial charge on any atom is -0.315 e. The molecule has 3 fully saturated rings. The Kier molecular flexibility index (Phi) is 3.21. The second-order valence-electron chi connectivity index (χ2n) is 6.22. The average Bonchev–Trinajstić information content (AvgIpc) is 2.82. The van der Waals surface area contributed by atoms with Crippen LogP contribution in [-0.2, 0) is 0 Å². The van der Waals surface area contributed by atoms with Crippen molar-refractivity contribution in [3.63, 3.8) is 0 Å². The molecule has 1 heterocycles. The van der Waals surface area contributed by atoms with Gasteiger partial charge in [0.2, 0.25) is 0 Å². The van der Waals surface area contributed by atoms with E-state index in [0.29, 0.717) is 0 Å². The summed E-state index contributed by atoms with van der Waals surface area (Å²) in [6.07, 6.45) is 7.50. The molecule has 2 bridgehead atoms. The highest BCUT2D eigenvalue weighted by Gasteiger charge is 2.42. The highest BCUT2D eigenvalue weighted by Crippen LogP contribution is 2.50. The molecule has 0 amide bonds. The summed E-state index contributed by atoms with van der Waals surface area (Å²) in [5.41, 5.74) is 0. The summed E-state index contributed by atoms with van der Waals surface area (Å²) in [7, 11) is 0. The first-order valence-corrected chi connectivity index (χ1v) is 7.29. The molecule has 0 radical (unpaired) electrons. The normalized spacial score (nSPS) is 42.2. The number of fused-ring (bicyclic) bond motifs is 2. The van der Waals surface area contributed by atoms with Gasteiger partial charge in [0.25, 0.3) is 0 Å². The Morgan fingerprint density at radius 3 is 2.81 bits per heavy atom. The van der Waals surface area contributed by atoms with Crippen LogP contribution in [0, 0.1) is 17.8 Å². The fourth-order valence-corrected chi connectivity index (χ4v) is 4.43. The summed E-state index contributed by atoms with van der Waals surface area (Å²) >= 11 is 0. The molecule has 1 N–H and O–H groups in total. The summed E-state index contributed by atoms with van der Waals surface area (Å²) < 4.78 is 0. The quantitative estimate of drug-likeness (QED) is 0.770. The van der Waals surface area contributed by atoms with Crippen molar-refractivity contribution in [1.29, 1.82) is 0 Å². The largest absolute Gasteiger partial charge is 0.315 e. The Labute approximate surface area is 99.8 Å². The zero-order valence-corrected chi connectivity index (χ0v) is 10.6. The van der Waals surface area contributed by atoms with E-state index in [4.69, 9.17) is 0 Å². The van der Waals surface area contributed by atoms with Crippen LogP contribution in [0.2, 0.25) is 0 Å². The lowest BCUT2D eigenvalue weighted by Gasteiger charge is -2.36. The summed E-state index contributed by atoms with van der Waals surface area (Å²) in [6.45, 7) is 7.51. The molecule has 2 nitrogen and oxygen atoms in total. The third-order valence-electron chi connectivity index (χ3n) is 5.36. The van der Waals surface area contributed by atoms with E-state index in [-0.39, 0.29) is 0 Å². The van der Waals surface area contributed by atoms with Gasteiger partial charge in [0.15, 0.2) is 0 Å². The molecule has 3 aliphatic rings. The summed E-state index contributed by atoms with van der Waals surface area (Å²) in [5, 5.41) is 3.51. The van der Waals surface area contributed by atoms with E-state index in [0.717, 1.165) is 23.8 Å². The average molecular weight is 222 g/mol. The van der Waals surface area contributed by atoms with Crippen molar-refractivity contribution in [1.82, 2.24) is 10.2 Å². The van der Waals surface area contributed by atoms with Crippen molar-refractivity contribution >= 4 is 0 Å². The van der Waals surface area contributed by atoms with E-state index in [1.807, 2.05) is 0 Å². The standard InChI is InChI=1S/C14H26N2/c1-11(16-7-2-5-15-6-8-16)14-10-12-3-4-13(14)9-12/h11-15H,2-10H2,1H3. The first-order valence-electron chi connectivity index (χ1n) is 7.29. The van der Waals surface area contributed by atoms with Gasteiger partial charge in [0, 0.05) is 19.1 Å². The van der Waals surface area contributed by atoms with Crippen LogP contribution < -0.4 is 5.32 Å². The van der Waals surface area contributed by atoms with Crippen LogP contribution in [-0.4, -0.2) is 37.1 Å². The maximum Gasteiger partial charge on any atom is 0.0110 e. The zero-order valence-electron chi connectivity index (χ0n) is 10.6. The van der Waals surface area contributed by atoms with Crippen LogP contribution in [0.25, 0.3) is 0 Å². The molecule has 0 aromatic carbocycles. The highest BCUT2D eigenvalue weighted by molar-refractivity contribution is 4.95. The molecule has 0 aromatic rings. The fraction of sp³-hybridized carbons (Fsp3) is 1.00. The fourth-order valence-electron chi connectivity index (χ4n) is 4.43. The molecule has 2 saturated carbocycles. The monoisotopic (exact) mass is 222 g/mol. The van der Waals surface area contributed by atoms with Crippen LogP contribution in [0.5, 0.6) is 0 Å². The van der Waals surface area contributed by atoms with E-state index in [1.165, 1.54) is 51.9 Å². The van der Waals surface area contributed by atoms with Gasteiger partial charge in [0.1, 0.15) is 0 Å². The lowest BCUT2D eigenvalue weighted by molar-refractivity contribution is 0.126. The zero-order chi connectivity index (χ0) is 11.0. The van der Waals surface area contributed by atoms with E-state index >= 15 is 0 Å². The molecular weight excluding hydrogens is 196 g/mol. The van der Waals surface area contributed by atoms with Crippen LogP contribution in [0.15, 0.2) is 0 Å². The van der Waals surface area contributed by atoms with Gasteiger partial charge in [-0.15, -0.1) is 0 Å². The first-order chi connectivity index (χ1) is 7.84. The van der Waals surface area contributed by atoms with Crippen LogP contribution >= 0.6 is 0 Å². The molecule has 16 heavy (non-hydrogen) atoms. The van der Waals surface area contributed by atoms with Gasteiger partial charge in [-0.1, -0.05) is 6.42 Å². The molecule has 2 heteroatoms. The molecule has 4 unspecified atom stereocenters. The maximum absolute atomic E-state index is 3.51. The SMILES string of the molecule is CC(C1CC2CCC1C2)N1CCCNCC1. The first kappa shape index (κ1) is 11.0. The lowest BCUT2D eigenvalue weighted by Crippen LogP contribution is -2.42. The molecule has 0 spiro atoms. The molecule has 2 aliphatic carbocycles. The Bertz CT molecular complexity index is 233. The molecule has 0 aromatic heterocycles. The predicted molar refractivity (Wildman–Crippen MR) is 67.5 cm³/mol. The smallest absolute Gasteiger partial charge is 0.0110 e. The topological polar surface area (TPSA) is 15.3 Å². The second-order valence-corrected chi connectivity index (χ2v) is 6.22. The van der Waals surface area contributed by atoms with E-state index in [2.05, 4.69) is 17.1 Å². The molecular formula is C14H26N2. The summed E-state index contributed by atoms with van der Waals surface area (Å²) in [6, 6.07) is 0.843. The Hall–Kier alpha value is -0.0800. The summed E-state index contributed by atoms with van der Waals surface area (Å²) in [5.74, 6) is 3.20. The molecule has 3 rings (SSSR count). The van der Waals surface area contributed by atoms with Gasteiger partial charge in [0.05, 0.1) is 0 Å².